The number of para-hydroxylation sites is 4. The number of anilines is 3. The molecule has 3 aliphatic rings. The number of fused-ring (bicyclic) bond motifs is 13. The van der Waals surface area contributed by atoms with Crippen molar-refractivity contribution in [2.24, 2.45) is 0 Å². The maximum absolute atomic E-state index is 7.06. The van der Waals surface area contributed by atoms with Gasteiger partial charge in [0.05, 0.1) is 16.4 Å². The molecular weight excluding hydrogens is 865 g/mol. The summed E-state index contributed by atoms with van der Waals surface area (Å²) in [5.41, 5.74) is 20.6. The Morgan fingerprint density at radius 3 is 1.77 bits per heavy atom. The molecule has 1 unspecified atom stereocenters. The summed E-state index contributed by atoms with van der Waals surface area (Å²) in [4.78, 5) is 2.31. The number of benzene rings is 10. The van der Waals surface area contributed by atoms with E-state index in [2.05, 4.69) is 260 Å². The number of rotatable bonds is 7. The van der Waals surface area contributed by atoms with E-state index in [-0.39, 0.29) is 0 Å². The first-order valence-electron chi connectivity index (χ1n) is 24.4. The van der Waals surface area contributed by atoms with Crippen LogP contribution in [-0.2, 0) is 5.41 Å². The minimum Gasteiger partial charge on any atom is -0.449 e. The van der Waals surface area contributed by atoms with E-state index in [1.165, 1.54) is 66.3 Å². The summed E-state index contributed by atoms with van der Waals surface area (Å²) >= 11 is 0. The number of hydrogen-bond donors (Lipinski definition) is 0. The van der Waals surface area contributed by atoms with Gasteiger partial charge in [0.15, 0.2) is 23.0 Å². The lowest BCUT2D eigenvalue weighted by molar-refractivity contribution is 0.361. The summed E-state index contributed by atoms with van der Waals surface area (Å²) in [6.07, 6.45) is 4.47. The van der Waals surface area contributed by atoms with Crippen LogP contribution < -0.4 is 14.4 Å². The fourth-order valence-electron chi connectivity index (χ4n) is 12.0. The number of ether oxygens (including phenoxy) is 2. The average Bonchev–Trinajstić information content (AvgIpc) is 4.02. The molecule has 0 N–H and O–H groups in total. The third-order valence-electron chi connectivity index (χ3n) is 15.0. The van der Waals surface area contributed by atoms with Crippen LogP contribution in [0.25, 0.3) is 66.4 Å². The Hall–Kier alpha value is -9.12. The molecule has 1 atom stereocenters. The fraction of sp³-hybridized carbons (Fsp3) is 0.0448. The lowest BCUT2D eigenvalue weighted by Gasteiger charge is -2.32. The Labute approximate surface area is 413 Å². The zero-order valence-electron chi connectivity index (χ0n) is 39.3. The quantitative estimate of drug-likeness (QED) is 0.159. The van der Waals surface area contributed by atoms with Crippen LogP contribution in [-0.4, -0.2) is 4.57 Å². The fourth-order valence-corrected chi connectivity index (χ4v) is 12.0. The molecule has 0 saturated heterocycles. The number of hydrogen-bond acceptors (Lipinski definition) is 3. The number of nitrogens with zero attached hydrogens (tertiary/aromatic N) is 2. The van der Waals surface area contributed by atoms with Gasteiger partial charge in [-0.05, 0) is 148 Å². The van der Waals surface area contributed by atoms with Crippen LogP contribution in [0.4, 0.5) is 17.1 Å². The average molecular weight is 911 g/mol. The Kier molecular flexibility index (Phi) is 9.21. The van der Waals surface area contributed by atoms with E-state index in [9.17, 15) is 0 Å². The Morgan fingerprint density at radius 2 is 1.01 bits per heavy atom. The van der Waals surface area contributed by atoms with Gasteiger partial charge >= 0.3 is 0 Å². The molecule has 0 amide bonds. The molecule has 10 aromatic carbocycles. The minimum absolute atomic E-state index is 0.460. The van der Waals surface area contributed by atoms with Crippen LogP contribution in [0.5, 0.6) is 23.0 Å². The second-order valence-electron chi connectivity index (χ2n) is 18.7. The van der Waals surface area contributed by atoms with Crippen LogP contribution in [0.2, 0.25) is 0 Å². The molecule has 0 bridgehead atoms. The Bertz CT molecular complexity index is 4000. The van der Waals surface area contributed by atoms with E-state index in [0.29, 0.717) is 17.2 Å². The molecule has 71 heavy (non-hydrogen) atoms. The Balaban J connectivity index is 0.800. The van der Waals surface area contributed by atoms with Gasteiger partial charge in [0.25, 0.3) is 0 Å². The van der Waals surface area contributed by atoms with Crippen molar-refractivity contribution < 1.29 is 9.47 Å². The molecule has 2 heterocycles. The second-order valence-corrected chi connectivity index (χ2v) is 18.7. The van der Waals surface area contributed by atoms with Gasteiger partial charge in [0, 0.05) is 44.6 Å². The van der Waals surface area contributed by atoms with E-state index in [1.807, 2.05) is 6.07 Å². The highest BCUT2D eigenvalue weighted by Crippen LogP contribution is 2.66. The molecule has 2 aliphatic carbocycles. The summed E-state index contributed by atoms with van der Waals surface area (Å²) in [6.45, 7) is 4.37. The zero-order chi connectivity index (χ0) is 47.2. The van der Waals surface area contributed by atoms with E-state index in [1.54, 1.807) is 0 Å². The normalized spacial score (nSPS) is 15.1. The minimum atomic E-state index is -0.460. The molecule has 0 saturated carbocycles. The van der Waals surface area contributed by atoms with Crippen molar-refractivity contribution in [2.45, 2.75) is 19.3 Å². The van der Waals surface area contributed by atoms with E-state index in [0.717, 1.165) is 50.8 Å². The highest BCUT2D eigenvalue weighted by Gasteiger charge is 2.53. The maximum atomic E-state index is 7.06. The Morgan fingerprint density at radius 1 is 0.437 bits per heavy atom. The smallest absolute Gasteiger partial charge is 0.178 e. The number of aromatic nitrogens is 1. The summed E-state index contributed by atoms with van der Waals surface area (Å²) in [5.74, 6) is 2.88. The lowest BCUT2D eigenvalue weighted by Crippen LogP contribution is -2.26. The van der Waals surface area contributed by atoms with Crippen LogP contribution in [0.3, 0.4) is 0 Å². The topological polar surface area (TPSA) is 26.6 Å². The molecule has 14 rings (SSSR count). The molecule has 1 spiro atoms. The van der Waals surface area contributed by atoms with Gasteiger partial charge in [-0.15, -0.1) is 0 Å². The number of allylic oxidation sites excluding steroid dienone is 4. The third kappa shape index (κ3) is 6.04. The summed E-state index contributed by atoms with van der Waals surface area (Å²) in [6, 6.07) is 82.7. The van der Waals surface area contributed by atoms with Gasteiger partial charge in [-0.25, -0.2) is 0 Å². The van der Waals surface area contributed by atoms with Crippen LogP contribution in [0, 0.1) is 0 Å². The van der Waals surface area contributed by atoms with Crippen molar-refractivity contribution in [3.8, 4) is 62.1 Å². The molecule has 1 aromatic heterocycles. The molecule has 0 radical (unpaired) electrons. The van der Waals surface area contributed by atoms with Crippen molar-refractivity contribution in [2.75, 3.05) is 4.90 Å². The summed E-state index contributed by atoms with van der Waals surface area (Å²) in [7, 11) is 0. The summed E-state index contributed by atoms with van der Waals surface area (Å²) in [5, 5.41) is 2.48. The van der Waals surface area contributed by atoms with Crippen molar-refractivity contribution in [3.05, 3.63) is 271 Å². The first-order chi connectivity index (χ1) is 35.1. The van der Waals surface area contributed by atoms with Gasteiger partial charge in [-0.2, -0.15) is 0 Å². The van der Waals surface area contributed by atoms with Crippen LogP contribution in [0.1, 0.15) is 36.1 Å². The van der Waals surface area contributed by atoms with Crippen LogP contribution >= 0.6 is 0 Å². The van der Waals surface area contributed by atoms with Gasteiger partial charge in [-0.1, -0.05) is 164 Å². The molecular formula is C67H46N2O2. The second kappa shape index (κ2) is 16.0. The largest absolute Gasteiger partial charge is 0.449 e. The molecule has 336 valence electrons. The van der Waals surface area contributed by atoms with Gasteiger partial charge in [0.1, 0.15) is 0 Å². The van der Waals surface area contributed by atoms with Crippen molar-refractivity contribution >= 4 is 44.4 Å². The molecule has 1 aliphatic heterocycles. The van der Waals surface area contributed by atoms with Crippen molar-refractivity contribution in [1.29, 1.82) is 0 Å². The third-order valence-corrected chi connectivity index (χ3v) is 15.0. The first-order valence-corrected chi connectivity index (χ1v) is 24.4. The van der Waals surface area contributed by atoms with E-state index in [4.69, 9.17) is 9.47 Å². The predicted molar refractivity (Wildman–Crippen MR) is 292 cm³/mol. The van der Waals surface area contributed by atoms with Crippen molar-refractivity contribution in [3.63, 3.8) is 0 Å². The first kappa shape index (κ1) is 40.9. The maximum Gasteiger partial charge on any atom is 0.178 e. The SMILES string of the molecule is C/C=C\C1=C(C)c2ccccc2C12c1ccccc1-c1c2ccc2c1Oc1cccc(-c3ccc(N(c4ccccc4)c4ccc(-c5ccc6c(c5)c5ccccc5n6-c5ccccc5)cc4)cc3)c1O2. The molecule has 0 fully saturated rings. The van der Waals surface area contributed by atoms with Crippen LogP contribution in [0.15, 0.2) is 248 Å². The monoisotopic (exact) mass is 910 g/mol. The standard InChI is InChI=1S/C67H46N2O2/c1-3-17-56-43(2)51-22-10-13-26-57(51)67(56)58-27-14-11-24-54(58)64-59(67)39-41-63-66(64)71-62-29-16-25-52(65(62)70-63)45-32-37-50(38-33-45)68(47-18-6-4-7-19-47)49-35-30-44(31-36-49)46-34-40-61-55(42-46)53-23-12-15-28-60(53)69(61)48-20-8-5-9-21-48/h3-42H,1-2H3/b17-3-. The van der Waals surface area contributed by atoms with E-state index >= 15 is 0 Å². The predicted octanol–water partition coefficient (Wildman–Crippen LogP) is 18.2. The highest BCUT2D eigenvalue weighted by atomic mass is 16.6. The molecule has 4 nitrogen and oxygen atoms in total. The van der Waals surface area contributed by atoms with Gasteiger partial charge in [-0.3, -0.25) is 0 Å². The molecule has 4 heteroatoms. The highest BCUT2D eigenvalue weighted by molar-refractivity contribution is 6.10. The van der Waals surface area contributed by atoms with Gasteiger partial charge < -0.3 is 18.9 Å². The lowest BCUT2D eigenvalue weighted by atomic mass is 9.69. The summed E-state index contributed by atoms with van der Waals surface area (Å²) < 4.78 is 16.4. The molecule has 11 aromatic rings. The van der Waals surface area contributed by atoms with Crippen molar-refractivity contribution in [1.82, 2.24) is 4.57 Å². The van der Waals surface area contributed by atoms with E-state index < -0.39 is 5.41 Å². The zero-order valence-corrected chi connectivity index (χ0v) is 39.3. The van der Waals surface area contributed by atoms with Gasteiger partial charge in [0.2, 0.25) is 0 Å².